The molecule has 4 aliphatic rings. The molecule has 0 radical (unpaired) electrons. The molecular formula is C33H60. The van der Waals surface area contributed by atoms with Gasteiger partial charge in [-0.2, -0.15) is 0 Å². The highest BCUT2D eigenvalue weighted by Gasteiger charge is 2.49. The number of hydrogen-bond donors (Lipinski definition) is 0. The minimum Gasteiger partial charge on any atom is -0.0533 e. The zero-order valence-corrected chi connectivity index (χ0v) is 22.6. The molecule has 0 aromatic rings. The van der Waals surface area contributed by atoms with Crippen LogP contribution in [-0.2, 0) is 0 Å². The van der Waals surface area contributed by atoms with E-state index in [-0.39, 0.29) is 0 Å². The molecular weight excluding hydrogens is 396 g/mol. The number of hydrogen-bond acceptors (Lipinski definition) is 0. The van der Waals surface area contributed by atoms with Crippen molar-refractivity contribution in [1.82, 2.24) is 0 Å². The molecule has 192 valence electrons. The molecule has 33 heavy (non-hydrogen) atoms. The Balaban J connectivity index is 1.26. The summed E-state index contributed by atoms with van der Waals surface area (Å²) in [7, 11) is 0. The lowest BCUT2D eigenvalue weighted by atomic mass is 9.50. The molecule has 0 bridgehead atoms. The summed E-state index contributed by atoms with van der Waals surface area (Å²) in [5.74, 6) is 4.38. The van der Waals surface area contributed by atoms with E-state index in [9.17, 15) is 0 Å². The number of rotatable bonds is 13. The summed E-state index contributed by atoms with van der Waals surface area (Å²) in [4.78, 5) is 0. The maximum Gasteiger partial charge on any atom is -0.0213 e. The van der Waals surface area contributed by atoms with Crippen LogP contribution in [0.2, 0.25) is 0 Å². The van der Waals surface area contributed by atoms with Crippen molar-refractivity contribution in [3.63, 3.8) is 0 Å². The molecule has 0 atom stereocenters. The third-order valence-corrected chi connectivity index (χ3v) is 11.3. The molecule has 0 spiro atoms. The van der Waals surface area contributed by atoms with Crippen LogP contribution in [-0.4, -0.2) is 0 Å². The van der Waals surface area contributed by atoms with Gasteiger partial charge in [-0.15, -0.1) is 0 Å². The molecule has 0 unspecified atom stereocenters. The Morgan fingerprint density at radius 1 is 0.364 bits per heavy atom. The van der Waals surface area contributed by atoms with Crippen LogP contribution < -0.4 is 0 Å². The highest BCUT2D eigenvalue weighted by atomic mass is 14.5. The summed E-state index contributed by atoms with van der Waals surface area (Å²) in [5, 5.41) is 0. The lowest BCUT2D eigenvalue weighted by Crippen LogP contribution is -2.47. The van der Waals surface area contributed by atoms with Crippen molar-refractivity contribution in [1.29, 1.82) is 0 Å². The van der Waals surface area contributed by atoms with Crippen molar-refractivity contribution in [2.45, 2.75) is 180 Å². The first-order valence-electron chi connectivity index (χ1n) is 16.4. The zero-order chi connectivity index (χ0) is 22.6. The lowest BCUT2D eigenvalue weighted by Gasteiger charge is -2.55. The molecule has 4 fully saturated rings. The van der Waals surface area contributed by atoms with Crippen molar-refractivity contribution in [3.8, 4) is 0 Å². The highest BCUT2D eigenvalue weighted by Crippen LogP contribution is 2.59. The topological polar surface area (TPSA) is 0 Å². The van der Waals surface area contributed by atoms with Gasteiger partial charge in [0.1, 0.15) is 0 Å². The van der Waals surface area contributed by atoms with Gasteiger partial charge in [-0.1, -0.05) is 135 Å². The maximum atomic E-state index is 1.62. The van der Waals surface area contributed by atoms with Gasteiger partial charge in [0.15, 0.2) is 0 Å². The normalized spacial score (nSPS) is 25.1. The highest BCUT2D eigenvalue weighted by molar-refractivity contribution is 4.99. The Morgan fingerprint density at radius 3 is 1.18 bits per heavy atom. The Hall–Kier alpha value is 0. The van der Waals surface area contributed by atoms with E-state index < -0.39 is 0 Å². The maximum absolute atomic E-state index is 1.62. The van der Waals surface area contributed by atoms with Gasteiger partial charge < -0.3 is 0 Å². The van der Waals surface area contributed by atoms with Crippen molar-refractivity contribution in [3.05, 3.63) is 0 Å². The second-order valence-electron chi connectivity index (χ2n) is 13.3. The Kier molecular flexibility index (Phi) is 11.5. The molecule has 0 nitrogen and oxygen atoms in total. The van der Waals surface area contributed by atoms with Gasteiger partial charge in [0.2, 0.25) is 0 Å². The fourth-order valence-corrected chi connectivity index (χ4v) is 9.58. The van der Waals surface area contributed by atoms with Gasteiger partial charge in [0.05, 0.1) is 0 Å². The second-order valence-corrected chi connectivity index (χ2v) is 13.3. The Bertz CT molecular complexity index is 437. The van der Waals surface area contributed by atoms with E-state index in [2.05, 4.69) is 0 Å². The van der Waals surface area contributed by atoms with E-state index in [1.165, 1.54) is 70.6 Å². The van der Waals surface area contributed by atoms with Gasteiger partial charge in [0.25, 0.3) is 0 Å². The van der Waals surface area contributed by atoms with E-state index >= 15 is 0 Å². The first-order chi connectivity index (χ1) is 16.4. The summed E-state index contributed by atoms with van der Waals surface area (Å²) < 4.78 is 0. The fourth-order valence-electron chi connectivity index (χ4n) is 9.58. The van der Waals surface area contributed by atoms with E-state index in [4.69, 9.17) is 0 Å². The van der Waals surface area contributed by atoms with Crippen molar-refractivity contribution in [2.24, 2.45) is 29.1 Å². The third kappa shape index (κ3) is 7.49. The van der Waals surface area contributed by atoms with Gasteiger partial charge in [-0.25, -0.2) is 0 Å². The number of unbranched alkanes of at least 4 members (excludes halogenated alkanes) is 6. The van der Waals surface area contributed by atoms with E-state index in [0.29, 0.717) is 0 Å². The molecule has 0 saturated heterocycles. The molecule has 0 aliphatic heterocycles. The van der Waals surface area contributed by atoms with Gasteiger partial charge in [0, 0.05) is 0 Å². The quantitative estimate of drug-likeness (QED) is 0.242. The molecule has 0 amide bonds. The average molecular weight is 457 g/mol. The van der Waals surface area contributed by atoms with Gasteiger partial charge in [-0.3, -0.25) is 0 Å². The van der Waals surface area contributed by atoms with Gasteiger partial charge >= 0.3 is 0 Å². The Labute approximate surface area is 208 Å². The predicted molar refractivity (Wildman–Crippen MR) is 146 cm³/mol. The van der Waals surface area contributed by atoms with Crippen LogP contribution in [0.4, 0.5) is 0 Å². The van der Waals surface area contributed by atoms with Crippen LogP contribution in [0.1, 0.15) is 180 Å². The largest absolute Gasteiger partial charge is 0.0533 e. The second kappa shape index (κ2) is 14.5. The standard InChI is InChI=1S/C33H60/c1(2-4-9-19-29-20-16-17-21-29)3-5-18-28-33(30-22-10-6-11-23-30,31-24-12-7-13-25-31)32-26-14-8-15-27-32/h29-32H,1-28H2. The zero-order valence-electron chi connectivity index (χ0n) is 22.6. The van der Waals surface area contributed by atoms with Crippen LogP contribution in [0.5, 0.6) is 0 Å². The van der Waals surface area contributed by atoms with E-state index in [1.807, 2.05) is 0 Å². The molecule has 0 aromatic carbocycles. The molecule has 4 aliphatic carbocycles. The SMILES string of the molecule is C(CCCCC1CCCC1)CCCCC(C1CCCCC1)(C1CCCCC1)C1CCCCC1. The third-order valence-electron chi connectivity index (χ3n) is 11.3. The summed E-state index contributed by atoms with van der Waals surface area (Å²) in [6, 6.07) is 0. The van der Waals surface area contributed by atoms with Crippen LogP contribution in [0, 0.1) is 29.1 Å². The summed E-state index contributed by atoms with van der Waals surface area (Å²) in [6.07, 6.45) is 43.4. The molecule has 0 N–H and O–H groups in total. The minimum absolute atomic E-state index is 0.753. The summed E-state index contributed by atoms with van der Waals surface area (Å²) >= 11 is 0. The lowest BCUT2D eigenvalue weighted by molar-refractivity contribution is -0.0571. The van der Waals surface area contributed by atoms with Crippen molar-refractivity contribution >= 4 is 0 Å². The molecule has 4 rings (SSSR count). The first-order valence-corrected chi connectivity index (χ1v) is 16.4. The van der Waals surface area contributed by atoms with Crippen molar-refractivity contribution < 1.29 is 0 Å². The molecule has 4 saturated carbocycles. The minimum atomic E-state index is 0.753. The molecule has 0 aromatic heterocycles. The monoisotopic (exact) mass is 456 g/mol. The van der Waals surface area contributed by atoms with E-state index in [0.717, 1.165) is 29.1 Å². The predicted octanol–water partition coefficient (Wildman–Crippen LogP) is 11.4. The fraction of sp³-hybridized carbons (Fsp3) is 1.00. The first kappa shape index (κ1) is 26.1. The summed E-state index contributed by atoms with van der Waals surface area (Å²) in [6.45, 7) is 0. The van der Waals surface area contributed by atoms with Crippen LogP contribution >= 0.6 is 0 Å². The van der Waals surface area contributed by atoms with Crippen molar-refractivity contribution in [2.75, 3.05) is 0 Å². The van der Waals surface area contributed by atoms with Gasteiger partial charge in [-0.05, 0) is 74.0 Å². The van der Waals surface area contributed by atoms with Crippen LogP contribution in [0.25, 0.3) is 0 Å². The smallest absolute Gasteiger partial charge is 0.0213 e. The Morgan fingerprint density at radius 2 is 0.727 bits per heavy atom. The summed E-state index contributed by atoms with van der Waals surface area (Å²) in [5.41, 5.74) is 0.753. The molecule has 0 heterocycles. The van der Waals surface area contributed by atoms with Crippen LogP contribution in [0.3, 0.4) is 0 Å². The van der Waals surface area contributed by atoms with Crippen LogP contribution in [0.15, 0.2) is 0 Å². The average Bonchev–Trinajstić information content (AvgIpc) is 3.41. The molecule has 0 heteroatoms. The van der Waals surface area contributed by atoms with E-state index in [1.54, 1.807) is 109 Å².